The number of guanidine groups is 1. The van der Waals surface area contributed by atoms with Gasteiger partial charge in [-0.3, -0.25) is 4.99 Å². The summed E-state index contributed by atoms with van der Waals surface area (Å²) in [7, 11) is 5.88. The number of likely N-dealkylation sites (N-methyl/N-ethyl adjacent to an activating group) is 1. The minimum absolute atomic E-state index is 0.690. The predicted octanol–water partition coefficient (Wildman–Crippen LogP) is 2.06. The van der Waals surface area contributed by atoms with Gasteiger partial charge in [-0.1, -0.05) is 12.1 Å². The van der Waals surface area contributed by atoms with Gasteiger partial charge in [-0.05, 0) is 38.6 Å². The van der Waals surface area contributed by atoms with Crippen LogP contribution in [0.15, 0.2) is 29.3 Å². The third-order valence-corrected chi connectivity index (χ3v) is 3.77. The van der Waals surface area contributed by atoms with Gasteiger partial charge in [0, 0.05) is 40.3 Å². The Morgan fingerprint density at radius 3 is 2.44 bits per heavy atom. The van der Waals surface area contributed by atoms with Crippen molar-refractivity contribution < 1.29 is 9.47 Å². The third kappa shape index (κ3) is 8.74. The molecule has 0 atom stereocenters. The van der Waals surface area contributed by atoms with Crippen LogP contribution in [0.4, 0.5) is 0 Å². The Morgan fingerprint density at radius 1 is 1.12 bits per heavy atom. The highest BCUT2D eigenvalue weighted by atomic mass is 16.5. The van der Waals surface area contributed by atoms with Crippen molar-refractivity contribution in [3.05, 3.63) is 29.8 Å². The third-order valence-electron chi connectivity index (χ3n) is 3.77. The molecule has 0 radical (unpaired) electrons. The molecule has 0 aliphatic carbocycles. The van der Waals surface area contributed by atoms with Gasteiger partial charge in [0.15, 0.2) is 5.96 Å². The van der Waals surface area contributed by atoms with Crippen LogP contribution in [0.5, 0.6) is 5.75 Å². The van der Waals surface area contributed by atoms with Gasteiger partial charge >= 0.3 is 0 Å². The van der Waals surface area contributed by atoms with Crippen molar-refractivity contribution in [3.63, 3.8) is 0 Å². The van der Waals surface area contributed by atoms with E-state index in [0.717, 1.165) is 51.0 Å². The lowest BCUT2D eigenvalue weighted by atomic mass is 10.2. The number of hydrogen-bond acceptors (Lipinski definition) is 4. The molecular formula is C19H34N4O2. The molecule has 1 aromatic rings. The summed E-state index contributed by atoms with van der Waals surface area (Å²) in [6.07, 6.45) is 0. The minimum Gasteiger partial charge on any atom is -0.494 e. The maximum Gasteiger partial charge on any atom is 0.194 e. The summed E-state index contributed by atoms with van der Waals surface area (Å²) in [4.78, 5) is 9.10. The number of methoxy groups -OCH3 is 1. The zero-order valence-corrected chi connectivity index (χ0v) is 16.4. The van der Waals surface area contributed by atoms with Crippen molar-refractivity contribution in [1.82, 2.24) is 15.1 Å². The van der Waals surface area contributed by atoms with E-state index in [1.165, 1.54) is 5.56 Å². The number of rotatable bonds is 11. The first-order chi connectivity index (χ1) is 12.1. The summed E-state index contributed by atoms with van der Waals surface area (Å²) in [6, 6.07) is 8.23. The van der Waals surface area contributed by atoms with E-state index in [1.807, 2.05) is 19.1 Å². The fraction of sp³-hybridized carbons (Fsp3) is 0.632. The summed E-state index contributed by atoms with van der Waals surface area (Å²) < 4.78 is 10.6. The smallest absolute Gasteiger partial charge is 0.194 e. The van der Waals surface area contributed by atoms with Crippen LogP contribution < -0.4 is 10.1 Å². The molecule has 6 nitrogen and oxygen atoms in total. The van der Waals surface area contributed by atoms with E-state index >= 15 is 0 Å². The molecule has 0 fully saturated rings. The Kier molecular flexibility index (Phi) is 10.7. The fourth-order valence-corrected chi connectivity index (χ4v) is 2.36. The van der Waals surface area contributed by atoms with Crippen molar-refractivity contribution in [1.29, 1.82) is 0 Å². The lowest BCUT2D eigenvalue weighted by molar-refractivity contribution is 0.163. The summed E-state index contributed by atoms with van der Waals surface area (Å²) in [6.45, 7) is 9.77. The van der Waals surface area contributed by atoms with E-state index in [1.54, 1.807) is 7.11 Å². The Balaban J connectivity index is 2.56. The second-order valence-electron chi connectivity index (χ2n) is 5.96. The van der Waals surface area contributed by atoms with Crippen molar-refractivity contribution in [3.8, 4) is 5.75 Å². The van der Waals surface area contributed by atoms with Gasteiger partial charge in [0.05, 0.1) is 19.8 Å². The number of nitrogens with one attached hydrogen (secondary N) is 1. The molecule has 0 aromatic heterocycles. The molecule has 0 saturated carbocycles. The number of hydrogen-bond donors (Lipinski definition) is 1. The van der Waals surface area contributed by atoms with Gasteiger partial charge in [0.2, 0.25) is 0 Å². The van der Waals surface area contributed by atoms with Crippen molar-refractivity contribution >= 4 is 5.96 Å². The molecule has 1 N–H and O–H groups in total. The lowest BCUT2D eigenvalue weighted by Crippen LogP contribution is -2.39. The van der Waals surface area contributed by atoms with E-state index < -0.39 is 0 Å². The summed E-state index contributed by atoms with van der Waals surface area (Å²) >= 11 is 0. The molecule has 0 unspecified atom stereocenters. The molecule has 0 heterocycles. The van der Waals surface area contributed by atoms with E-state index in [9.17, 15) is 0 Å². The SMILES string of the molecule is CCNC(=NCCN(C)CCOC)N(C)Cc1ccc(OCC)cc1. The number of nitrogens with zero attached hydrogens (tertiary/aromatic N) is 3. The zero-order valence-electron chi connectivity index (χ0n) is 16.4. The largest absolute Gasteiger partial charge is 0.494 e. The second kappa shape index (κ2) is 12.6. The monoisotopic (exact) mass is 350 g/mol. The molecule has 1 aromatic carbocycles. The Hall–Kier alpha value is -1.79. The molecular weight excluding hydrogens is 316 g/mol. The topological polar surface area (TPSA) is 49.3 Å². The molecule has 25 heavy (non-hydrogen) atoms. The van der Waals surface area contributed by atoms with Crippen LogP contribution in [0.1, 0.15) is 19.4 Å². The highest BCUT2D eigenvalue weighted by Gasteiger charge is 2.07. The molecule has 0 spiro atoms. The van der Waals surface area contributed by atoms with Crippen LogP contribution in [0.3, 0.4) is 0 Å². The first kappa shape index (κ1) is 21.3. The molecule has 0 aliphatic rings. The quantitative estimate of drug-likeness (QED) is 0.489. The average molecular weight is 351 g/mol. The molecule has 0 bridgehead atoms. The Labute approximate surface area is 152 Å². The lowest BCUT2D eigenvalue weighted by Gasteiger charge is -2.23. The summed E-state index contributed by atoms with van der Waals surface area (Å²) in [5.74, 6) is 1.84. The van der Waals surface area contributed by atoms with E-state index in [-0.39, 0.29) is 0 Å². The zero-order chi connectivity index (χ0) is 18.5. The Morgan fingerprint density at radius 2 is 1.84 bits per heavy atom. The van der Waals surface area contributed by atoms with Crippen LogP contribution >= 0.6 is 0 Å². The van der Waals surface area contributed by atoms with Crippen molar-refractivity contribution in [2.24, 2.45) is 4.99 Å². The maximum atomic E-state index is 5.49. The van der Waals surface area contributed by atoms with Gasteiger partial charge in [-0.25, -0.2) is 0 Å². The van der Waals surface area contributed by atoms with Gasteiger partial charge in [-0.2, -0.15) is 0 Å². The molecule has 0 saturated heterocycles. The normalized spacial score (nSPS) is 11.7. The van der Waals surface area contributed by atoms with Crippen LogP contribution in [0, 0.1) is 0 Å². The van der Waals surface area contributed by atoms with Crippen LogP contribution in [-0.2, 0) is 11.3 Å². The standard InChI is InChI=1S/C19H34N4O2/c1-6-20-19(21-12-13-22(3)14-15-24-5)23(4)16-17-8-10-18(11-9-17)25-7-2/h8-11H,6-7,12-16H2,1-5H3,(H,20,21). The van der Waals surface area contributed by atoms with Gasteiger partial charge < -0.3 is 24.6 Å². The number of ether oxygens (including phenoxy) is 2. The summed E-state index contributed by atoms with van der Waals surface area (Å²) in [5, 5.41) is 3.36. The molecule has 6 heteroatoms. The molecule has 1 rings (SSSR count). The van der Waals surface area contributed by atoms with E-state index in [2.05, 4.69) is 48.3 Å². The second-order valence-corrected chi connectivity index (χ2v) is 5.96. The highest BCUT2D eigenvalue weighted by Crippen LogP contribution is 2.13. The first-order valence-electron chi connectivity index (χ1n) is 8.99. The van der Waals surface area contributed by atoms with Gasteiger partial charge in [-0.15, -0.1) is 0 Å². The van der Waals surface area contributed by atoms with Gasteiger partial charge in [0.1, 0.15) is 5.75 Å². The average Bonchev–Trinajstić information content (AvgIpc) is 2.61. The molecule has 0 aliphatic heterocycles. The first-order valence-corrected chi connectivity index (χ1v) is 8.99. The molecule has 0 amide bonds. The fourth-order valence-electron chi connectivity index (χ4n) is 2.36. The number of aliphatic imine (C=N–C) groups is 1. The molecule has 142 valence electrons. The summed E-state index contributed by atoms with van der Waals surface area (Å²) in [5.41, 5.74) is 1.23. The van der Waals surface area contributed by atoms with E-state index in [0.29, 0.717) is 6.61 Å². The van der Waals surface area contributed by atoms with Crippen molar-refractivity contribution in [2.75, 3.05) is 60.6 Å². The number of benzene rings is 1. The van der Waals surface area contributed by atoms with Crippen molar-refractivity contribution in [2.45, 2.75) is 20.4 Å². The maximum absolute atomic E-state index is 5.49. The van der Waals surface area contributed by atoms with E-state index in [4.69, 9.17) is 14.5 Å². The van der Waals surface area contributed by atoms with Gasteiger partial charge in [0.25, 0.3) is 0 Å². The van der Waals surface area contributed by atoms with Crippen LogP contribution in [0.25, 0.3) is 0 Å². The predicted molar refractivity (Wildman–Crippen MR) is 104 cm³/mol. The minimum atomic E-state index is 0.690. The van der Waals surface area contributed by atoms with Crippen LogP contribution in [-0.4, -0.2) is 76.4 Å². The Bertz CT molecular complexity index is 491. The van der Waals surface area contributed by atoms with Crippen LogP contribution in [0.2, 0.25) is 0 Å². The highest BCUT2D eigenvalue weighted by molar-refractivity contribution is 5.79.